The van der Waals surface area contributed by atoms with Crippen molar-refractivity contribution in [1.29, 1.82) is 0 Å². The number of ketones is 1. The first-order valence-electron chi connectivity index (χ1n) is 4.35. The minimum Gasteiger partial charge on any atom is -0.385 e. The maximum Gasteiger partial charge on any atom is 0.153 e. The summed E-state index contributed by atoms with van der Waals surface area (Å²) < 4.78 is 4.87. The molecule has 0 fully saturated rings. The Balaban J connectivity index is 3.88. The van der Waals surface area contributed by atoms with Gasteiger partial charge >= 0.3 is 0 Å². The van der Waals surface area contributed by atoms with Crippen LogP contribution in [0.2, 0.25) is 0 Å². The summed E-state index contributed by atoms with van der Waals surface area (Å²) in [5.74, 6) is 2.34. The van der Waals surface area contributed by atoms with Crippen molar-refractivity contribution in [2.45, 2.75) is 25.8 Å². The zero-order chi connectivity index (χ0) is 10.3. The molecule has 0 aromatic carbocycles. The molecule has 0 aliphatic heterocycles. The van der Waals surface area contributed by atoms with Crippen LogP contribution in [0.3, 0.4) is 0 Å². The Labute approximate surface area is 79.6 Å². The smallest absolute Gasteiger partial charge is 0.153 e. The summed E-state index contributed by atoms with van der Waals surface area (Å²) in [7, 11) is 1.61. The molecule has 0 heterocycles. The zero-order valence-corrected chi connectivity index (χ0v) is 8.25. The SMILES string of the molecule is C#CCC(N)C(=O)C(C)CCOC. The van der Waals surface area contributed by atoms with E-state index in [-0.39, 0.29) is 11.7 Å². The lowest BCUT2D eigenvalue weighted by molar-refractivity contribution is -0.124. The zero-order valence-electron chi connectivity index (χ0n) is 8.25. The summed E-state index contributed by atoms with van der Waals surface area (Å²) in [6.07, 6.45) is 6.08. The lowest BCUT2D eigenvalue weighted by Crippen LogP contribution is -2.34. The third-order valence-corrected chi connectivity index (χ3v) is 1.94. The summed E-state index contributed by atoms with van der Waals surface area (Å²) >= 11 is 0. The maximum absolute atomic E-state index is 11.5. The molecule has 0 aliphatic carbocycles. The predicted molar refractivity (Wildman–Crippen MR) is 52.1 cm³/mol. The molecule has 0 aromatic heterocycles. The van der Waals surface area contributed by atoms with Crippen LogP contribution in [0.15, 0.2) is 0 Å². The number of methoxy groups -OCH3 is 1. The van der Waals surface area contributed by atoms with Crippen molar-refractivity contribution in [1.82, 2.24) is 0 Å². The number of carbonyl (C=O) groups is 1. The fraction of sp³-hybridized carbons (Fsp3) is 0.700. The van der Waals surface area contributed by atoms with Gasteiger partial charge in [-0.1, -0.05) is 6.92 Å². The molecule has 0 amide bonds. The molecule has 74 valence electrons. The average molecular weight is 183 g/mol. The molecule has 0 saturated heterocycles. The van der Waals surface area contributed by atoms with E-state index in [2.05, 4.69) is 5.92 Å². The Bertz CT molecular complexity index is 196. The van der Waals surface area contributed by atoms with Gasteiger partial charge in [0.05, 0.1) is 6.04 Å². The number of hydrogen-bond donors (Lipinski definition) is 1. The van der Waals surface area contributed by atoms with Crippen LogP contribution in [0.5, 0.6) is 0 Å². The van der Waals surface area contributed by atoms with Crippen molar-refractivity contribution in [2.75, 3.05) is 13.7 Å². The van der Waals surface area contributed by atoms with Crippen molar-refractivity contribution < 1.29 is 9.53 Å². The highest BCUT2D eigenvalue weighted by molar-refractivity contribution is 5.86. The Morgan fingerprint density at radius 2 is 2.31 bits per heavy atom. The second kappa shape index (κ2) is 6.64. The number of rotatable bonds is 6. The first-order chi connectivity index (χ1) is 6.13. The molecule has 2 N–H and O–H groups in total. The van der Waals surface area contributed by atoms with Crippen molar-refractivity contribution in [2.24, 2.45) is 11.7 Å². The Morgan fingerprint density at radius 1 is 1.69 bits per heavy atom. The van der Waals surface area contributed by atoms with Crippen LogP contribution in [0.1, 0.15) is 19.8 Å². The third kappa shape index (κ3) is 4.66. The van der Waals surface area contributed by atoms with Gasteiger partial charge in [-0.15, -0.1) is 12.3 Å². The molecular formula is C10H17NO2. The number of terminal acetylenes is 1. The Morgan fingerprint density at radius 3 is 2.77 bits per heavy atom. The molecule has 0 spiro atoms. The van der Waals surface area contributed by atoms with Gasteiger partial charge in [0.25, 0.3) is 0 Å². The second-order valence-electron chi connectivity index (χ2n) is 3.10. The molecule has 0 saturated carbocycles. The van der Waals surface area contributed by atoms with Crippen molar-refractivity contribution in [3.05, 3.63) is 0 Å². The molecule has 3 nitrogen and oxygen atoms in total. The minimum atomic E-state index is -0.517. The van der Waals surface area contributed by atoms with Crippen LogP contribution in [0.4, 0.5) is 0 Å². The van der Waals surface area contributed by atoms with E-state index in [0.717, 1.165) is 0 Å². The van der Waals surface area contributed by atoms with Gasteiger partial charge in [-0.2, -0.15) is 0 Å². The molecule has 0 aromatic rings. The lowest BCUT2D eigenvalue weighted by atomic mass is 9.96. The van der Waals surface area contributed by atoms with E-state index in [1.807, 2.05) is 6.92 Å². The van der Waals surface area contributed by atoms with E-state index >= 15 is 0 Å². The maximum atomic E-state index is 11.5. The van der Waals surface area contributed by atoms with Crippen LogP contribution in [-0.4, -0.2) is 25.5 Å². The second-order valence-corrected chi connectivity index (χ2v) is 3.10. The van der Waals surface area contributed by atoms with Gasteiger partial charge in [-0.3, -0.25) is 4.79 Å². The van der Waals surface area contributed by atoms with E-state index < -0.39 is 6.04 Å². The van der Waals surface area contributed by atoms with Crippen LogP contribution < -0.4 is 5.73 Å². The van der Waals surface area contributed by atoms with Crippen LogP contribution >= 0.6 is 0 Å². The summed E-state index contributed by atoms with van der Waals surface area (Å²) in [6.45, 7) is 2.42. The topological polar surface area (TPSA) is 52.3 Å². The van der Waals surface area contributed by atoms with Crippen LogP contribution in [0, 0.1) is 18.3 Å². The molecule has 0 radical (unpaired) electrons. The van der Waals surface area contributed by atoms with Crippen molar-refractivity contribution in [3.8, 4) is 12.3 Å². The number of Topliss-reactive ketones (excluding diaryl/α,β-unsaturated/α-hetero) is 1. The van der Waals surface area contributed by atoms with Crippen LogP contribution in [0.25, 0.3) is 0 Å². The van der Waals surface area contributed by atoms with Crippen molar-refractivity contribution >= 4 is 5.78 Å². The molecule has 0 bridgehead atoms. The highest BCUT2D eigenvalue weighted by Gasteiger charge is 2.18. The Kier molecular flexibility index (Phi) is 6.21. The van der Waals surface area contributed by atoms with E-state index in [1.54, 1.807) is 7.11 Å². The fourth-order valence-corrected chi connectivity index (χ4v) is 1.03. The monoisotopic (exact) mass is 183 g/mol. The summed E-state index contributed by atoms with van der Waals surface area (Å²) in [4.78, 5) is 11.5. The van der Waals surface area contributed by atoms with E-state index in [9.17, 15) is 4.79 Å². The van der Waals surface area contributed by atoms with Gasteiger partial charge < -0.3 is 10.5 Å². The summed E-state index contributed by atoms with van der Waals surface area (Å²) in [6, 6.07) is -0.517. The standard InChI is InChI=1S/C10H17NO2/c1-4-5-9(11)10(12)8(2)6-7-13-3/h1,8-9H,5-7,11H2,2-3H3. The number of hydrogen-bond acceptors (Lipinski definition) is 3. The third-order valence-electron chi connectivity index (χ3n) is 1.94. The lowest BCUT2D eigenvalue weighted by Gasteiger charge is -2.13. The van der Waals surface area contributed by atoms with Gasteiger partial charge in [0, 0.05) is 26.1 Å². The fourth-order valence-electron chi connectivity index (χ4n) is 1.03. The van der Waals surface area contributed by atoms with E-state index in [4.69, 9.17) is 16.9 Å². The molecule has 0 rings (SSSR count). The molecule has 3 heteroatoms. The average Bonchev–Trinajstić information content (AvgIpc) is 2.13. The minimum absolute atomic E-state index is 0.0231. The first kappa shape index (κ1) is 12.2. The van der Waals surface area contributed by atoms with E-state index in [1.165, 1.54) is 0 Å². The molecule has 2 atom stereocenters. The van der Waals surface area contributed by atoms with Gasteiger partial charge in [-0.05, 0) is 6.42 Å². The normalized spacial score (nSPS) is 14.6. The van der Waals surface area contributed by atoms with Gasteiger partial charge in [-0.25, -0.2) is 0 Å². The summed E-state index contributed by atoms with van der Waals surface area (Å²) in [5, 5.41) is 0. The number of nitrogens with two attached hydrogens (primary N) is 1. The molecular weight excluding hydrogens is 166 g/mol. The van der Waals surface area contributed by atoms with Crippen molar-refractivity contribution in [3.63, 3.8) is 0 Å². The summed E-state index contributed by atoms with van der Waals surface area (Å²) in [5.41, 5.74) is 5.57. The van der Waals surface area contributed by atoms with Crippen LogP contribution in [-0.2, 0) is 9.53 Å². The largest absolute Gasteiger partial charge is 0.385 e. The Hall–Kier alpha value is -0.850. The first-order valence-corrected chi connectivity index (χ1v) is 4.35. The predicted octanol–water partition coefficient (Wildman–Crippen LogP) is 0.579. The highest BCUT2D eigenvalue weighted by Crippen LogP contribution is 2.06. The number of ether oxygens (including phenoxy) is 1. The molecule has 2 unspecified atom stereocenters. The van der Waals surface area contributed by atoms with Gasteiger partial charge in [0.2, 0.25) is 0 Å². The number of carbonyl (C=O) groups excluding carboxylic acids is 1. The van der Waals surface area contributed by atoms with E-state index in [0.29, 0.717) is 19.4 Å². The molecule has 0 aliphatic rings. The highest BCUT2D eigenvalue weighted by atomic mass is 16.5. The quantitative estimate of drug-likeness (QED) is 0.613. The van der Waals surface area contributed by atoms with Gasteiger partial charge in [0.15, 0.2) is 5.78 Å². The van der Waals surface area contributed by atoms with Gasteiger partial charge in [0.1, 0.15) is 0 Å². The molecule has 13 heavy (non-hydrogen) atoms.